The lowest BCUT2D eigenvalue weighted by atomic mass is 9.78. The van der Waals surface area contributed by atoms with Gasteiger partial charge in [0.1, 0.15) is 16.1 Å². The standard InChI is InChI=1S/C19H21F6IO7/c1-4-8(26)13(27)31-11-7-5-6-9(14(28)32-12(6)11)10(7)15(29)33-16(2,3)17(30,18(20,21)22)19(23,24)25/h6-12,30H,4-5H2,1-3H3. The second-order valence-electron chi connectivity index (χ2n) is 8.93. The Kier molecular flexibility index (Phi) is 6.47. The molecule has 7 atom stereocenters. The molecular weight excluding hydrogens is 581 g/mol. The average Bonchev–Trinajstić information content (AvgIpc) is 3.27. The summed E-state index contributed by atoms with van der Waals surface area (Å²) in [4.78, 5) is 37.5. The van der Waals surface area contributed by atoms with E-state index in [1.54, 1.807) is 6.92 Å². The zero-order chi connectivity index (χ0) is 25.3. The van der Waals surface area contributed by atoms with Crippen molar-refractivity contribution in [3.05, 3.63) is 0 Å². The molecule has 188 valence electrons. The lowest BCUT2D eigenvalue weighted by molar-refractivity contribution is -0.407. The number of carbonyl (C=O) groups excluding carboxylic acids is 3. The fourth-order valence-corrected chi connectivity index (χ4v) is 5.23. The van der Waals surface area contributed by atoms with Crippen molar-refractivity contribution in [3.8, 4) is 0 Å². The molecule has 0 radical (unpaired) electrons. The van der Waals surface area contributed by atoms with Gasteiger partial charge in [-0.15, -0.1) is 0 Å². The summed E-state index contributed by atoms with van der Waals surface area (Å²) in [5.41, 5.74) is -8.87. The van der Waals surface area contributed by atoms with E-state index in [2.05, 4.69) is 4.74 Å². The van der Waals surface area contributed by atoms with Crippen molar-refractivity contribution in [2.75, 3.05) is 0 Å². The summed E-state index contributed by atoms with van der Waals surface area (Å²) in [6.45, 7) is 2.29. The zero-order valence-electron chi connectivity index (χ0n) is 17.5. The first-order chi connectivity index (χ1) is 14.9. The molecule has 3 fully saturated rings. The Morgan fingerprint density at radius 3 is 2.18 bits per heavy atom. The molecule has 1 saturated heterocycles. The molecule has 3 aliphatic rings. The number of hydrogen-bond donors (Lipinski definition) is 1. The van der Waals surface area contributed by atoms with Crippen molar-refractivity contribution in [1.82, 2.24) is 0 Å². The molecule has 3 rings (SSSR count). The predicted molar refractivity (Wildman–Crippen MR) is 104 cm³/mol. The molecule has 0 aromatic rings. The normalized spacial score (nSPS) is 32.5. The van der Waals surface area contributed by atoms with Crippen molar-refractivity contribution >= 4 is 40.5 Å². The van der Waals surface area contributed by atoms with E-state index in [1.165, 1.54) is 0 Å². The van der Waals surface area contributed by atoms with E-state index in [1.807, 2.05) is 22.6 Å². The van der Waals surface area contributed by atoms with Crippen molar-refractivity contribution in [1.29, 1.82) is 0 Å². The molecule has 2 aliphatic carbocycles. The van der Waals surface area contributed by atoms with Crippen molar-refractivity contribution < 1.29 is 60.0 Å². The van der Waals surface area contributed by atoms with Gasteiger partial charge in [-0.3, -0.25) is 14.4 Å². The van der Waals surface area contributed by atoms with Gasteiger partial charge in [-0.1, -0.05) is 29.5 Å². The van der Waals surface area contributed by atoms with E-state index in [4.69, 9.17) is 9.47 Å². The highest BCUT2D eigenvalue weighted by molar-refractivity contribution is 14.1. The number of alkyl halides is 7. The first kappa shape index (κ1) is 26.3. The number of aliphatic hydroxyl groups is 1. The van der Waals surface area contributed by atoms with Crippen LogP contribution in [0, 0.1) is 23.7 Å². The van der Waals surface area contributed by atoms with Crippen LogP contribution < -0.4 is 0 Å². The summed E-state index contributed by atoms with van der Waals surface area (Å²) in [6.07, 6.45) is -13.8. The Morgan fingerprint density at radius 2 is 1.70 bits per heavy atom. The SMILES string of the molecule is CCC(I)C(=O)OC1C2CC3C1OC(=O)C3C2C(=O)OC(C)(C)C(O)(C(F)(F)F)C(F)(F)F. The topological polar surface area (TPSA) is 99.1 Å². The van der Waals surface area contributed by atoms with E-state index < -0.39 is 81.3 Å². The molecule has 0 amide bonds. The molecule has 14 heteroatoms. The molecule has 0 aromatic heterocycles. The number of fused-ring (bicyclic) bond motifs is 1. The molecule has 7 nitrogen and oxygen atoms in total. The molecule has 7 unspecified atom stereocenters. The lowest BCUT2D eigenvalue weighted by Crippen LogP contribution is -2.70. The zero-order valence-corrected chi connectivity index (χ0v) is 19.7. The van der Waals surface area contributed by atoms with Crippen LogP contribution in [0.25, 0.3) is 0 Å². The van der Waals surface area contributed by atoms with Crippen molar-refractivity contribution in [2.45, 2.75) is 73.3 Å². The number of esters is 3. The highest BCUT2D eigenvalue weighted by atomic mass is 127. The Hall–Kier alpha value is -1.32. The van der Waals surface area contributed by atoms with Crippen molar-refractivity contribution in [3.63, 3.8) is 0 Å². The summed E-state index contributed by atoms with van der Waals surface area (Å²) in [5, 5.41) is 9.69. The highest BCUT2D eigenvalue weighted by Crippen LogP contribution is 2.60. The third kappa shape index (κ3) is 3.88. The van der Waals surface area contributed by atoms with E-state index in [9.17, 15) is 45.8 Å². The third-order valence-electron chi connectivity index (χ3n) is 6.73. The molecule has 2 saturated carbocycles. The quantitative estimate of drug-likeness (QED) is 0.164. The summed E-state index contributed by atoms with van der Waals surface area (Å²) in [6, 6.07) is 0. The van der Waals surface area contributed by atoms with Gasteiger partial charge in [-0.25, -0.2) is 0 Å². The van der Waals surface area contributed by atoms with E-state index in [0.29, 0.717) is 6.42 Å². The van der Waals surface area contributed by atoms with Crippen LogP contribution in [0.3, 0.4) is 0 Å². The number of carbonyl (C=O) groups is 3. The van der Waals surface area contributed by atoms with Crippen LogP contribution in [-0.4, -0.2) is 62.7 Å². The summed E-state index contributed by atoms with van der Waals surface area (Å²) >= 11 is 1.83. The van der Waals surface area contributed by atoms with Crippen LogP contribution in [0.15, 0.2) is 0 Å². The van der Waals surface area contributed by atoms with Gasteiger partial charge in [-0.05, 0) is 26.7 Å². The van der Waals surface area contributed by atoms with Crippen LogP contribution in [0.1, 0.15) is 33.6 Å². The molecule has 1 aliphatic heterocycles. The Bertz CT molecular complexity index is 827. The fourth-order valence-electron chi connectivity index (χ4n) is 5.08. The number of ether oxygens (including phenoxy) is 3. The van der Waals surface area contributed by atoms with E-state index >= 15 is 0 Å². The van der Waals surface area contributed by atoms with Gasteiger partial charge in [-0.2, -0.15) is 26.3 Å². The first-order valence-electron chi connectivity index (χ1n) is 10.0. The largest absolute Gasteiger partial charge is 0.458 e. The Morgan fingerprint density at radius 1 is 1.15 bits per heavy atom. The maximum absolute atomic E-state index is 13.3. The molecular formula is C19H21F6IO7. The van der Waals surface area contributed by atoms with Crippen LogP contribution in [-0.2, 0) is 28.6 Å². The third-order valence-corrected chi connectivity index (χ3v) is 8.12. The maximum Gasteiger partial charge on any atom is 0.430 e. The van der Waals surface area contributed by atoms with Gasteiger partial charge in [0.2, 0.25) is 0 Å². The van der Waals surface area contributed by atoms with Crippen LogP contribution in [0.5, 0.6) is 0 Å². The van der Waals surface area contributed by atoms with Gasteiger partial charge >= 0.3 is 30.3 Å². The minimum Gasteiger partial charge on any atom is -0.458 e. The number of halogens is 7. The molecule has 1 heterocycles. The summed E-state index contributed by atoms with van der Waals surface area (Å²) in [7, 11) is 0. The molecule has 33 heavy (non-hydrogen) atoms. The predicted octanol–water partition coefficient (Wildman–Crippen LogP) is 3.10. The van der Waals surface area contributed by atoms with Gasteiger partial charge in [0.05, 0.1) is 11.8 Å². The Balaban J connectivity index is 1.89. The molecule has 0 spiro atoms. The average molecular weight is 602 g/mol. The van der Waals surface area contributed by atoms with Gasteiger partial charge < -0.3 is 19.3 Å². The minimum absolute atomic E-state index is 0.139. The smallest absolute Gasteiger partial charge is 0.430 e. The monoisotopic (exact) mass is 602 g/mol. The number of hydrogen-bond acceptors (Lipinski definition) is 7. The highest BCUT2D eigenvalue weighted by Gasteiger charge is 2.79. The van der Waals surface area contributed by atoms with Gasteiger partial charge in [0, 0.05) is 11.8 Å². The van der Waals surface area contributed by atoms with Gasteiger partial charge in [0.25, 0.3) is 5.60 Å². The molecule has 1 N–H and O–H groups in total. The van der Waals surface area contributed by atoms with Crippen LogP contribution in [0.2, 0.25) is 0 Å². The summed E-state index contributed by atoms with van der Waals surface area (Å²) < 4.78 is 94.6. The fraction of sp³-hybridized carbons (Fsp3) is 0.842. The molecule has 2 bridgehead atoms. The molecule has 0 aromatic carbocycles. The Labute approximate surface area is 197 Å². The first-order valence-corrected chi connectivity index (χ1v) is 11.3. The van der Waals surface area contributed by atoms with Gasteiger partial charge in [0.15, 0.2) is 5.60 Å². The van der Waals surface area contributed by atoms with Crippen LogP contribution in [0.4, 0.5) is 26.3 Å². The summed E-state index contributed by atoms with van der Waals surface area (Å²) in [5.74, 6) is -7.18. The second kappa shape index (κ2) is 8.12. The maximum atomic E-state index is 13.3. The van der Waals surface area contributed by atoms with E-state index in [0.717, 1.165) is 0 Å². The van der Waals surface area contributed by atoms with Crippen molar-refractivity contribution in [2.24, 2.45) is 23.7 Å². The number of rotatable bonds is 6. The van der Waals surface area contributed by atoms with Crippen LogP contribution >= 0.6 is 22.6 Å². The lowest BCUT2D eigenvalue weighted by Gasteiger charge is -2.44. The van der Waals surface area contributed by atoms with E-state index in [-0.39, 0.29) is 20.3 Å². The minimum atomic E-state index is -6.23. The second-order valence-corrected chi connectivity index (χ2v) is 10.4.